The summed E-state index contributed by atoms with van der Waals surface area (Å²) in [5, 5.41) is 1.24. The molecule has 2 aromatic rings. The zero-order valence-electron chi connectivity index (χ0n) is 9.71. The number of hydrogen-bond acceptors (Lipinski definition) is 2. The molecular formula is C14H15NO. The van der Waals surface area contributed by atoms with E-state index in [4.69, 9.17) is 9.72 Å². The predicted molar refractivity (Wildman–Crippen MR) is 65.1 cm³/mol. The third-order valence-corrected chi connectivity index (χ3v) is 3.50. The average molecular weight is 213 g/mol. The van der Waals surface area contributed by atoms with Crippen LogP contribution in [0.5, 0.6) is 5.75 Å². The van der Waals surface area contributed by atoms with E-state index >= 15 is 0 Å². The Balaban J connectivity index is 2.33. The molecule has 0 fully saturated rings. The SMILES string of the molecule is COc1ccc2nc3c(c(C)c2c1)CCC3. The van der Waals surface area contributed by atoms with Gasteiger partial charge in [-0.15, -0.1) is 0 Å². The van der Waals surface area contributed by atoms with E-state index < -0.39 is 0 Å². The van der Waals surface area contributed by atoms with Crippen molar-refractivity contribution in [3.63, 3.8) is 0 Å². The van der Waals surface area contributed by atoms with Gasteiger partial charge >= 0.3 is 0 Å². The third kappa shape index (κ3) is 1.29. The summed E-state index contributed by atoms with van der Waals surface area (Å²) >= 11 is 0. The van der Waals surface area contributed by atoms with Crippen molar-refractivity contribution in [3.8, 4) is 5.75 Å². The number of methoxy groups -OCH3 is 1. The van der Waals surface area contributed by atoms with E-state index in [9.17, 15) is 0 Å². The molecule has 2 nitrogen and oxygen atoms in total. The van der Waals surface area contributed by atoms with E-state index in [0.29, 0.717) is 0 Å². The van der Waals surface area contributed by atoms with E-state index in [1.807, 2.05) is 6.07 Å². The molecule has 0 amide bonds. The summed E-state index contributed by atoms with van der Waals surface area (Å²) in [4.78, 5) is 4.74. The quantitative estimate of drug-likeness (QED) is 0.726. The first-order valence-electron chi connectivity index (χ1n) is 5.75. The van der Waals surface area contributed by atoms with Crippen molar-refractivity contribution in [3.05, 3.63) is 35.0 Å². The molecule has 0 unspecified atom stereocenters. The second kappa shape index (κ2) is 3.48. The van der Waals surface area contributed by atoms with Crippen LogP contribution in [0.2, 0.25) is 0 Å². The summed E-state index contributed by atoms with van der Waals surface area (Å²) in [6.07, 6.45) is 3.57. The maximum absolute atomic E-state index is 5.27. The summed E-state index contributed by atoms with van der Waals surface area (Å²) in [5.41, 5.74) is 5.24. The Kier molecular flexibility index (Phi) is 2.10. The number of benzene rings is 1. The summed E-state index contributed by atoms with van der Waals surface area (Å²) in [7, 11) is 1.71. The Morgan fingerprint density at radius 3 is 2.94 bits per heavy atom. The average Bonchev–Trinajstić information content (AvgIpc) is 2.77. The standard InChI is InChI=1S/C14H15NO/c1-9-11-4-3-5-13(11)15-14-7-6-10(16-2)8-12(9)14/h6-8H,3-5H2,1-2H3. The smallest absolute Gasteiger partial charge is 0.119 e. The van der Waals surface area contributed by atoms with Gasteiger partial charge in [0.1, 0.15) is 5.75 Å². The fraction of sp³-hybridized carbons (Fsp3) is 0.357. The van der Waals surface area contributed by atoms with Gasteiger partial charge in [-0.2, -0.15) is 0 Å². The third-order valence-electron chi connectivity index (χ3n) is 3.50. The van der Waals surface area contributed by atoms with Gasteiger partial charge in [0, 0.05) is 11.1 Å². The maximum atomic E-state index is 5.27. The molecule has 16 heavy (non-hydrogen) atoms. The first-order chi connectivity index (χ1) is 7.79. The van der Waals surface area contributed by atoms with Crippen LogP contribution in [-0.4, -0.2) is 12.1 Å². The summed E-state index contributed by atoms with van der Waals surface area (Å²) in [6, 6.07) is 6.13. The highest BCUT2D eigenvalue weighted by molar-refractivity contribution is 5.85. The molecule has 0 saturated heterocycles. The molecule has 1 aliphatic carbocycles. The van der Waals surface area contributed by atoms with Gasteiger partial charge in [-0.25, -0.2) is 0 Å². The van der Waals surface area contributed by atoms with Gasteiger partial charge in [-0.1, -0.05) is 0 Å². The summed E-state index contributed by atoms with van der Waals surface area (Å²) < 4.78 is 5.27. The molecule has 82 valence electrons. The van der Waals surface area contributed by atoms with Crippen LogP contribution < -0.4 is 4.74 Å². The van der Waals surface area contributed by atoms with Crippen molar-refractivity contribution in [1.29, 1.82) is 0 Å². The zero-order chi connectivity index (χ0) is 11.1. The number of aromatic nitrogens is 1. The molecular weight excluding hydrogens is 198 g/mol. The van der Waals surface area contributed by atoms with Crippen molar-refractivity contribution >= 4 is 10.9 Å². The minimum absolute atomic E-state index is 0.912. The molecule has 0 bridgehead atoms. The van der Waals surface area contributed by atoms with Gasteiger partial charge in [-0.05, 0) is 55.5 Å². The van der Waals surface area contributed by atoms with Crippen molar-refractivity contribution in [2.24, 2.45) is 0 Å². The normalized spacial score (nSPS) is 14.1. The lowest BCUT2D eigenvalue weighted by atomic mass is 10.0. The monoisotopic (exact) mass is 213 g/mol. The van der Waals surface area contributed by atoms with Gasteiger partial charge in [0.15, 0.2) is 0 Å². The number of pyridine rings is 1. The maximum Gasteiger partial charge on any atom is 0.119 e. The van der Waals surface area contributed by atoms with Crippen LogP contribution in [0.25, 0.3) is 10.9 Å². The molecule has 1 aliphatic rings. The van der Waals surface area contributed by atoms with Gasteiger partial charge < -0.3 is 4.74 Å². The number of aryl methyl sites for hydroxylation is 2. The van der Waals surface area contributed by atoms with Gasteiger partial charge in [0.2, 0.25) is 0 Å². The Bertz CT molecular complexity index is 560. The van der Waals surface area contributed by atoms with Crippen LogP contribution in [-0.2, 0) is 12.8 Å². The number of nitrogens with zero attached hydrogens (tertiary/aromatic N) is 1. The van der Waals surface area contributed by atoms with Gasteiger partial charge in [0.05, 0.1) is 12.6 Å². The molecule has 1 aromatic carbocycles. The number of ether oxygens (including phenoxy) is 1. The number of fused-ring (bicyclic) bond motifs is 2. The summed E-state index contributed by atoms with van der Waals surface area (Å²) in [5.74, 6) is 0.912. The Labute approximate surface area is 95.3 Å². The van der Waals surface area contributed by atoms with E-state index in [1.165, 1.54) is 35.0 Å². The van der Waals surface area contributed by atoms with Crippen molar-refractivity contribution in [2.45, 2.75) is 26.2 Å². The highest BCUT2D eigenvalue weighted by Crippen LogP contribution is 2.30. The van der Waals surface area contributed by atoms with Crippen molar-refractivity contribution < 1.29 is 4.74 Å². The van der Waals surface area contributed by atoms with Crippen molar-refractivity contribution in [1.82, 2.24) is 4.98 Å². The van der Waals surface area contributed by atoms with Crippen LogP contribution in [0.4, 0.5) is 0 Å². The second-order valence-corrected chi connectivity index (χ2v) is 4.40. The molecule has 0 saturated carbocycles. The Hall–Kier alpha value is -1.57. The Morgan fingerprint density at radius 2 is 2.12 bits per heavy atom. The molecule has 1 aromatic heterocycles. The highest BCUT2D eigenvalue weighted by atomic mass is 16.5. The predicted octanol–water partition coefficient (Wildman–Crippen LogP) is 3.04. The Morgan fingerprint density at radius 1 is 1.25 bits per heavy atom. The number of rotatable bonds is 1. The van der Waals surface area contributed by atoms with Crippen LogP contribution in [0.1, 0.15) is 23.2 Å². The van der Waals surface area contributed by atoms with E-state index in [2.05, 4.69) is 19.1 Å². The zero-order valence-corrected chi connectivity index (χ0v) is 9.71. The molecule has 0 N–H and O–H groups in total. The fourth-order valence-electron chi connectivity index (χ4n) is 2.60. The van der Waals surface area contributed by atoms with E-state index in [0.717, 1.165) is 17.7 Å². The molecule has 1 heterocycles. The molecule has 0 spiro atoms. The lowest BCUT2D eigenvalue weighted by Gasteiger charge is -2.09. The minimum atomic E-state index is 0.912. The van der Waals surface area contributed by atoms with Crippen LogP contribution in [0.15, 0.2) is 18.2 Å². The lowest BCUT2D eigenvalue weighted by Crippen LogP contribution is -1.95. The fourth-order valence-corrected chi connectivity index (χ4v) is 2.60. The first kappa shape index (κ1) is 9.64. The second-order valence-electron chi connectivity index (χ2n) is 4.40. The van der Waals surface area contributed by atoms with Gasteiger partial charge in [-0.3, -0.25) is 4.98 Å². The molecule has 3 rings (SSSR count). The van der Waals surface area contributed by atoms with Crippen LogP contribution in [0.3, 0.4) is 0 Å². The topological polar surface area (TPSA) is 22.1 Å². The molecule has 0 radical (unpaired) electrons. The molecule has 0 atom stereocenters. The van der Waals surface area contributed by atoms with Gasteiger partial charge in [0.25, 0.3) is 0 Å². The van der Waals surface area contributed by atoms with E-state index in [1.54, 1.807) is 7.11 Å². The lowest BCUT2D eigenvalue weighted by molar-refractivity contribution is 0.415. The minimum Gasteiger partial charge on any atom is -0.497 e. The van der Waals surface area contributed by atoms with Crippen molar-refractivity contribution in [2.75, 3.05) is 7.11 Å². The first-order valence-corrected chi connectivity index (χ1v) is 5.75. The summed E-state index contributed by atoms with van der Waals surface area (Å²) in [6.45, 7) is 2.20. The molecule has 0 aliphatic heterocycles. The highest BCUT2D eigenvalue weighted by Gasteiger charge is 2.17. The van der Waals surface area contributed by atoms with E-state index in [-0.39, 0.29) is 0 Å². The van der Waals surface area contributed by atoms with Crippen LogP contribution in [0, 0.1) is 6.92 Å². The molecule has 2 heteroatoms. The van der Waals surface area contributed by atoms with Crippen LogP contribution >= 0.6 is 0 Å². The number of hydrogen-bond donors (Lipinski definition) is 0. The largest absolute Gasteiger partial charge is 0.497 e.